The lowest BCUT2D eigenvalue weighted by molar-refractivity contribution is -0.137. The minimum atomic E-state index is -0.870. The smallest absolute Gasteiger partial charge is 0.303 e. The van der Waals surface area contributed by atoms with Gasteiger partial charge in [0.25, 0.3) is 0 Å². The average Bonchev–Trinajstić information content (AvgIpc) is 2.27. The van der Waals surface area contributed by atoms with Crippen LogP contribution in [-0.4, -0.2) is 24.0 Å². The molecular formula is C14H18O4. The van der Waals surface area contributed by atoms with Crippen LogP contribution >= 0.6 is 0 Å². The number of carboxylic acid groups (broad SMARTS) is 1. The predicted octanol–water partition coefficient (Wildman–Crippen LogP) is 2.75. The van der Waals surface area contributed by atoms with Crippen molar-refractivity contribution in [1.82, 2.24) is 0 Å². The molecular weight excluding hydrogens is 232 g/mol. The molecule has 0 atom stereocenters. The van der Waals surface area contributed by atoms with Crippen molar-refractivity contribution >= 4 is 11.8 Å². The van der Waals surface area contributed by atoms with Gasteiger partial charge in [0.05, 0.1) is 7.11 Å². The molecule has 0 bridgehead atoms. The summed E-state index contributed by atoms with van der Waals surface area (Å²) in [5, 5.41) is 8.53. The van der Waals surface area contributed by atoms with Crippen molar-refractivity contribution in [2.45, 2.75) is 33.1 Å². The fraction of sp³-hybridized carbons (Fsp3) is 0.429. The summed E-state index contributed by atoms with van der Waals surface area (Å²) in [5.74, 6) is -0.105. The van der Waals surface area contributed by atoms with Crippen molar-refractivity contribution in [3.8, 4) is 5.75 Å². The second kappa shape index (κ2) is 6.19. The van der Waals surface area contributed by atoms with Gasteiger partial charge in [0.1, 0.15) is 5.75 Å². The monoisotopic (exact) mass is 250 g/mol. The zero-order valence-electron chi connectivity index (χ0n) is 10.9. The number of benzene rings is 1. The summed E-state index contributed by atoms with van der Waals surface area (Å²) in [5.41, 5.74) is 2.45. The number of hydrogen-bond donors (Lipinski definition) is 1. The number of carboxylic acids is 1. The molecule has 0 spiro atoms. The Morgan fingerprint density at radius 3 is 2.17 bits per heavy atom. The Bertz CT molecular complexity index is 440. The first-order valence-corrected chi connectivity index (χ1v) is 5.86. The number of aryl methyl sites for hydroxylation is 2. The van der Waals surface area contributed by atoms with Crippen molar-refractivity contribution in [2.75, 3.05) is 7.11 Å². The quantitative estimate of drug-likeness (QED) is 0.788. The topological polar surface area (TPSA) is 63.6 Å². The molecule has 18 heavy (non-hydrogen) atoms. The number of ether oxygens (including phenoxy) is 1. The number of aliphatic carboxylic acids is 1. The van der Waals surface area contributed by atoms with Gasteiger partial charge in [0.15, 0.2) is 5.78 Å². The van der Waals surface area contributed by atoms with Crippen LogP contribution in [0.2, 0.25) is 0 Å². The van der Waals surface area contributed by atoms with E-state index in [4.69, 9.17) is 9.84 Å². The third-order valence-electron chi connectivity index (χ3n) is 2.78. The molecule has 98 valence electrons. The molecule has 0 amide bonds. The standard InChI is InChI=1S/C14H18O4/c1-9-7-11(8-10(2)14(9)18-3)12(15)5-4-6-13(16)17/h7-8H,4-6H2,1-3H3,(H,16,17). The Morgan fingerprint density at radius 1 is 1.17 bits per heavy atom. The van der Waals surface area contributed by atoms with Gasteiger partial charge < -0.3 is 9.84 Å². The number of Topliss-reactive ketones (excluding diaryl/α,β-unsaturated/α-hetero) is 1. The predicted molar refractivity (Wildman–Crippen MR) is 68.3 cm³/mol. The van der Waals surface area contributed by atoms with E-state index in [1.807, 2.05) is 13.8 Å². The fourth-order valence-corrected chi connectivity index (χ4v) is 1.98. The Balaban J connectivity index is 2.78. The van der Waals surface area contributed by atoms with Crippen LogP contribution in [0.3, 0.4) is 0 Å². The number of hydrogen-bond acceptors (Lipinski definition) is 3. The van der Waals surface area contributed by atoms with E-state index in [-0.39, 0.29) is 18.6 Å². The third-order valence-corrected chi connectivity index (χ3v) is 2.78. The molecule has 0 aliphatic carbocycles. The SMILES string of the molecule is COc1c(C)cc(C(=O)CCCC(=O)O)cc1C. The Hall–Kier alpha value is -1.84. The van der Waals surface area contributed by atoms with Gasteiger partial charge in [-0.05, 0) is 43.5 Å². The fourth-order valence-electron chi connectivity index (χ4n) is 1.98. The Morgan fingerprint density at radius 2 is 1.72 bits per heavy atom. The van der Waals surface area contributed by atoms with Crippen molar-refractivity contribution in [1.29, 1.82) is 0 Å². The van der Waals surface area contributed by atoms with Gasteiger partial charge in [-0.2, -0.15) is 0 Å². The minimum absolute atomic E-state index is 0.0231. The molecule has 0 heterocycles. The van der Waals surface area contributed by atoms with Gasteiger partial charge in [-0.15, -0.1) is 0 Å². The average molecular weight is 250 g/mol. The third kappa shape index (κ3) is 3.58. The first kappa shape index (κ1) is 14.2. The second-order valence-electron chi connectivity index (χ2n) is 4.31. The summed E-state index contributed by atoms with van der Waals surface area (Å²) in [6.45, 7) is 3.78. The Kier molecular flexibility index (Phi) is 4.89. The van der Waals surface area contributed by atoms with E-state index < -0.39 is 5.97 Å². The van der Waals surface area contributed by atoms with Crippen molar-refractivity contribution < 1.29 is 19.4 Å². The molecule has 4 nitrogen and oxygen atoms in total. The molecule has 1 aromatic carbocycles. The molecule has 1 rings (SSSR count). The summed E-state index contributed by atoms with van der Waals surface area (Å²) < 4.78 is 5.23. The molecule has 0 unspecified atom stereocenters. The van der Waals surface area contributed by atoms with E-state index in [9.17, 15) is 9.59 Å². The van der Waals surface area contributed by atoms with Crippen LogP contribution in [0.1, 0.15) is 40.7 Å². The molecule has 0 fully saturated rings. The number of methoxy groups -OCH3 is 1. The lowest BCUT2D eigenvalue weighted by Gasteiger charge is -2.10. The van der Waals surface area contributed by atoms with Gasteiger partial charge in [-0.1, -0.05) is 0 Å². The molecule has 0 radical (unpaired) electrons. The first-order chi connectivity index (χ1) is 8.45. The molecule has 0 saturated heterocycles. The van der Waals surface area contributed by atoms with Crippen LogP contribution in [0, 0.1) is 13.8 Å². The normalized spacial score (nSPS) is 10.2. The van der Waals surface area contributed by atoms with Gasteiger partial charge in [-0.3, -0.25) is 9.59 Å². The molecule has 0 aliphatic rings. The van der Waals surface area contributed by atoms with Crippen LogP contribution in [-0.2, 0) is 4.79 Å². The first-order valence-electron chi connectivity index (χ1n) is 5.86. The summed E-state index contributed by atoms with van der Waals surface area (Å²) in [6, 6.07) is 3.57. The van der Waals surface area contributed by atoms with Crippen LogP contribution < -0.4 is 4.74 Å². The molecule has 4 heteroatoms. The number of carbonyl (C=O) groups excluding carboxylic acids is 1. The van der Waals surface area contributed by atoms with Crippen LogP contribution in [0.4, 0.5) is 0 Å². The highest BCUT2D eigenvalue weighted by atomic mass is 16.5. The maximum absolute atomic E-state index is 11.9. The summed E-state index contributed by atoms with van der Waals surface area (Å²) in [4.78, 5) is 22.3. The Labute approximate surface area is 107 Å². The molecule has 0 saturated carbocycles. The van der Waals surface area contributed by atoms with Gasteiger partial charge in [-0.25, -0.2) is 0 Å². The zero-order valence-corrected chi connectivity index (χ0v) is 10.9. The summed E-state index contributed by atoms with van der Waals surface area (Å²) in [7, 11) is 1.60. The maximum Gasteiger partial charge on any atom is 0.303 e. The number of carbonyl (C=O) groups is 2. The van der Waals surface area contributed by atoms with E-state index in [1.165, 1.54) is 0 Å². The molecule has 0 aromatic heterocycles. The maximum atomic E-state index is 11.9. The van der Waals surface area contributed by atoms with E-state index in [0.29, 0.717) is 12.0 Å². The van der Waals surface area contributed by atoms with Gasteiger partial charge in [0, 0.05) is 18.4 Å². The van der Waals surface area contributed by atoms with E-state index in [0.717, 1.165) is 16.9 Å². The highest BCUT2D eigenvalue weighted by molar-refractivity contribution is 5.96. The van der Waals surface area contributed by atoms with E-state index in [1.54, 1.807) is 19.2 Å². The lowest BCUT2D eigenvalue weighted by atomic mass is 10.00. The van der Waals surface area contributed by atoms with E-state index in [2.05, 4.69) is 0 Å². The van der Waals surface area contributed by atoms with Crippen LogP contribution in [0.5, 0.6) is 5.75 Å². The van der Waals surface area contributed by atoms with Gasteiger partial charge >= 0.3 is 5.97 Å². The summed E-state index contributed by atoms with van der Waals surface area (Å²) in [6.07, 6.45) is 0.662. The molecule has 1 N–H and O–H groups in total. The number of rotatable bonds is 6. The number of ketones is 1. The zero-order chi connectivity index (χ0) is 13.7. The van der Waals surface area contributed by atoms with Gasteiger partial charge in [0.2, 0.25) is 0 Å². The minimum Gasteiger partial charge on any atom is -0.496 e. The second-order valence-corrected chi connectivity index (χ2v) is 4.31. The van der Waals surface area contributed by atoms with Crippen molar-refractivity contribution in [3.63, 3.8) is 0 Å². The van der Waals surface area contributed by atoms with Crippen molar-refractivity contribution in [3.05, 3.63) is 28.8 Å². The van der Waals surface area contributed by atoms with Crippen molar-refractivity contribution in [2.24, 2.45) is 0 Å². The highest BCUT2D eigenvalue weighted by Crippen LogP contribution is 2.25. The highest BCUT2D eigenvalue weighted by Gasteiger charge is 2.11. The largest absolute Gasteiger partial charge is 0.496 e. The van der Waals surface area contributed by atoms with E-state index >= 15 is 0 Å². The van der Waals surface area contributed by atoms with Crippen LogP contribution in [0.25, 0.3) is 0 Å². The lowest BCUT2D eigenvalue weighted by Crippen LogP contribution is -2.03. The summed E-state index contributed by atoms with van der Waals surface area (Å²) >= 11 is 0. The van der Waals surface area contributed by atoms with Crippen LogP contribution in [0.15, 0.2) is 12.1 Å². The molecule has 0 aliphatic heterocycles. The molecule has 1 aromatic rings.